The topological polar surface area (TPSA) is 85.8 Å². The molecule has 1 aliphatic carbocycles. The molecule has 1 unspecified atom stereocenters. The summed E-state index contributed by atoms with van der Waals surface area (Å²) < 4.78 is 1.51. The molecule has 17 heavy (non-hydrogen) atoms. The van der Waals surface area contributed by atoms with Crippen LogP contribution in [0.5, 0.6) is 0 Å². The van der Waals surface area contributed by atoms with Gasteiger partial charge in [-0.3, -0.25) is 4.79 Å². The number of nitrogens with one attached hydrogen (secondary N) is 1. The van der Waals surface area contributed by atoms with Gasteiger partial charge in [-0.15, -0.1) is 5.10 Å². The van der Waals surface area contributed by atoms with E-state index in [0.29, 0.717) is 18.2 Å². The van der Waals surface area contributed by atoms with Crippen LogP contribution in [0.25, 0.3) is 0 Å². The van der Waals surface area contributed by atoms with Crippen LogP contribution >= 0.6 is 0 Å². The first-order valence-corrected chi connectivity index (χ1v) is 6.05. The number of aromatic nitrogens is 3. The molecule has 0 spiro atoms. The second-order valence-electron chi connectivity index (χ2n) is 4.73. The normalized spacial score (nSPS) is 16.8. The summed E-state index contributed by atoms with van der Waals surface area (Å²) in [7, 11) is 0. The van der Waals surface area contributed by atoms with E-state index < -0.39 is 0 Å². The van der Waals surface area contributed by atoms with Crippen molar-refractivity contribution in [1.82, 2.24) is 20.3 Å². The summed E-state index contributed by atoms with van der Waals surface area (Å²) in [6.07, 6.45) is 4.31. The maximum Gasteiger partial charge on any atom is 0.241 e. The van der Waals surface area contributed by atoms with Crippen LogP contribution in [0, 0.1) is 11.8 Å². The zero-order valence-corrected chi connectivity index (χ0v) is 10.1. The van der Waals surface area contributed by atoms with E-state index in [-0.39, 0.29) is 12.5 Å². The Morgan fingerprint density at radius 1 is 1.71 bits per heavy atom. The Morgan fingerprint density at radius 3 is 3.06 bits per heavy atom. The molecule has 0 aromatic carbocycles. The maximum atomic E-state index is 11.6. The van der Waals surface area contributed by atoms with E-state index in [4.69, 9.17) is 5.73 Å². The van der Waals surface area contributed by atoms with Crippen molar-refractivity contribution < 1.29 is 4.79 Å². The number of nitrogens with two attached hydrogens (primary N) is 1. The van der Waals surface area contributed by atoms with Crippen molar-refractivity contribution in [2.75, 3.05) is 6.54 Å². The van der Waals surface area contributed by atoms with E-state index in [0.717, 1.165) is 12.5 Å². The number of hydrogen-bond donors (Lipinski definition) is 2. The Balaban J connectivity index is 1.72. The second kappa shape index (κ2) is 5.27. The van der Waals surface area contributed by atoms with Gasteiger partial charge < -0.3 is 11.1 Å². The van der Waals surface area contributed by atoms with Gasteiger partial charge >= 0.3 is 0 Å². The van der Waals surface area contributed by atoms with Crippen LogP contribution in [0.3, 0.4) is 0 Å². The highest BCUT2D eigenvalue weighted by atomic mass is 16.2. The fraction of sp³-hybridized carbons (Fsp3) is 0.727. The Kier molecular flexibility index (Phi) is 3.73. The van der Waals surface area contributed by atoms with Crippen LogP contribution < -0.4 is 11.1 Å². The van der Waals surface area contributed by atoms with E-state index in [1.807, 2.05) is 0 Å². The molecule has 94 valence electrons. The third-order valence-electron chi connectivity index (χ3n) is 3.15. The van der Waals surface area contributed by atoms with Crippen molar-refractivity contribution >= 4 is 5.91 Å². The summed E-state index contributed by atoms with van der Waals surface area (Å²) in [5, 5.41) is 10.6. The minimum absolute atomic E-state index is 0.0222. The maximum absolute atomic E-state index is 11.6. The Bertz CT molecular complexity index is 385. The molecule has 1 aliphatic rings. The number of rotatable bonds is 6. The highest BCUT2D eigenvalue weighted by Gasteiger charge is 2.27. The molecule has 1 atom stereocenters. The van der Waals surface area contributed by atoms with E-state index in [9.17, 15) is 4.79 Å². The van der Waals surface area contributed by atoms with Gasteiger partial charge in [-0.05, 0) is 24.7 Å². The summed E-state index contributed by atoms with van der Waals surface area (Å²) in [4.78, 5) is 11.6. The van der Waals surface area contributed by atoms with Crippen molar-refractivity contribution in [3.8, 4) is 0 Å². The molecule has 2 rings (SSSR count). The van der Waals surface area contributed by atoms with Gasteiger partial charge in [0.1, 0.15) is 6.54 Å². The van der Waals surface area contributed by atoms with Crippen molar-refractivity contribution in [3.63, 3.8) is 0 Å². The van der Waals surface area contributed by atoms with Crippen LogP contribution in [-0.2, 0) is 17.9 Å². The quantitative estimate of drug-likeness (QED) is 0.723. The first-order valence-electron chi connectivity index (χ1n) is 6.05. The largest absolute Gasteiger partial charge is 0.354 e. The van der Waals surface area contributed by atoms with Gasteiger partial charge in [0.25, 0.3) is 0 Å². The Labute approximate surface area is 101 Å². The Hall–Kier alpha value is -1.43. The predicted octanol–water partition coefficient (Wildman–Crippen LogP) is -0.101. The first-order chi connectivity index (χ1) is 8.19. The van der Waals surface area contributed by atoms with Crippen molar-refractivity contribution in [1.29, 1.82) is 0 Å². The number of carbonyl (C=O) groups is 1. The van der Waals surface area contributed by atoms with Crippen LogP contribution in [-0.4, -0.2) is 27.4 Å². The molecule has 0 radical (unpaired) electrons. The molecular formula is C11H19N5O. The zero-order valence-electron chi connectivity index (χ0n) is 10.1. The molecule has 1 saturated carbocycles. The monoisotopic (exact) mass is 237 g/mol. The zero-order chi connectivity index (χ0) is 12.3. The van der Waals surface area contributed by atoms with Crippen LogP contribution in [0.4, 0.5) is 0 Å². The van der Waals surface area contributed by atoms with Crippen LogP contribution in [0.1, 0.15) is 25.5 Å². The molecule has 1 amide bonds. The van der Waals surface area contributed by atoms with Gasteiger partial charge in [0, 0.05) is 13.1 Å². The van der Waals surface area contributed by atoms with E-state index in [2.05, 4.69) is 22.6 Å². The van der Waals surface area contributed by atoms with Gasteiger partial charge in [0.05, 0.1) is 11.9 Å². The summed E-state index contributed by atoms with van der Waals surface area (Å²) in [5.41, 5.74) is 6.11. The molecule has 1 aromatic heterocycles. The number of nitrogens with zero attached hydrogens (tertiary/aromatic N) is 3. The summed E-state index contributed by atoms with van der Waals surface area (Å²) in [5.74, 6) is 1.37. The number of hydrogen-bond acceptors (Lipinski definition) is 4. The lowest BCUT2D eigenvalue weighted by atomic mass is 10.1. The lowest BCUT2D eigenvalue weighted by molar-refractivity contribution is -0.122. The third-order valence-corrected chi connectivity index (χ3v) is 3.15. The van der Waals surface area contributed by atoms with Crippen molar-refractivity contribution in [2.24, 2.45) is 17.6 Å². The van der Waals surface area contributed by atoms with Crippen molar-refractivity contribution in [2.45, 2.75) is 32.9 Å². The van der Waals surface area contributed by atoms with Gasteiger partial charge in [0.15, 0.2) is 0 Å². The average molecular weight is 237 g/mol. The molecule has 0 aliphatic heterocycles. The highest BCUT2D eigenvalue weighted by Crippen LogP contribution is 2.35. The van der Waals surface area contributed by atoms with Gasteiger partial charge in [0.2, 0.25) is 5.91 Å². The molecule has 6 nitrogen and oxygen atoms in total. The minimum Gasteiger partial charge on any atom is -0.354 e. The molecular weight excluding hydrogens is 218 g/mol. The molecule has 1 fully saturated rings. The summed E-state index contributed by atoms with van der Waals surface area (Å²) >= 11 is 0. The minimum atomic E-state index is -0.0222. The Morgan fingerprint density at radius 2 is 2.47 bits per heavy atom. The lowest BCUT2D eigenvalue weighted by Crippen LogP contribution is -2.32. The van der Waals surface area contributed by atoms with E-state index in [1.165, 1.54) is 17.5 Å². The number of carbonyl (C=O) groups excluding carboxylic acids is 1. The van der Waals surface area contributed by atoms with Gasteiger partial charge in [-0.25, -0.2) is 4.68 Å². The second-order valence-corrected chi connectivity index (χ2v) is 4.73. The van der Waals surface area contributed by atoms with Crippen molar-refractivity contribution in [3.05, 3.63) is 11.9 Å². The van der Waals surface area contributed by atoms with Crippen LogP contribution in [0.2, 0.25) is 0 Å². The summed E-state index contributed by atoms with van der Waals surface area (Å²) in [6.45, 7) is 3.49. The summed E-state index contributed by atoms with van der Waals surface area (Å²) in [6, 6.07) is 0. The molecule has 6 heteroatoms. The standard InChI is InChI=1S/C11H19N5O/c1-8(9-2-3-9)5-13-11(17)7-16-6-10(4-12)14-15-16/h6,8-9H,2-5,7,12H2,1H3,(H,13,17). The third kappa shape index (κ3) is 3.52. The van der Waals surface area contributed by atoms with Crippen LogP contribution in [0.15, 0.2) is 6.20 Å². The predicted molar refractivity (Wildman–Crippen MR) is 62.8 cm³/mol. The first kappa shape index (κ1) is 12.0. The fourth-order valence-electron chi connectivity index (χ4n) is 1.82. The molecule has 1 aromatic rings. The molecule has 1 heterocycles. The van der Waals surface area contributed by atoms with Gasteiger partial charge in [-0.2, -0.15) is 0 Å². The SMILES string of the molecule is CC(CNC(=O)Cn1cc(CN)nn1)C1CC1. The smallest absolute Gasteiger partial charge is 0.241 e. The fourth-order valence-corrected chi connectivity index (χ4v) is 1.82. The van der Waals surface area contributed by atoms with Gasteiger partial charge in [-0.1, -0.05) is 12.1 Å². The average Bonchev–Trinajstić information content (AvgIpc) is 3.07. The lowest BCUT2D eigenvalue weighted by Gasteiger charge is -2.11. The van der Waals surface area contributed by atoms with E-state index in [1.54, 1.807) is 6.20 Å². The van der Waals surface area contributed by atoms with E-state index >= 15 is 0 Å². The number of amides is 1. The molecule has 0 saturated heterocycles. The molecule has 3 N–H and O–H groups in total. The highest BCUT2D eigenvalue weighted by molar-refractivity contribution is 5.75. The molecule has 0 bridgehead atoms.